The van der Waals surface area contributed by atoms with Crippen LogP contribution >= 0.6 is 0 Å². The van der Waals surface area contributed by atoms with Crippen molar-refractivity contribution >= 4 is 5.91 Å². The molecule has 10 heavy (non-hydrogen) atoms. The van der Waals surface area contributed by atoms with Crippen LogP contribution in [0, 0.1) is 0 Å². The van der Waals surface area contributed by atoms with E-state index in [1.54, 1.807) is 0 Å². The van der Waals surface area contributed by atoms with Gasteiger partial charge in [-0.1, -0.05) is 0 Å². The third-order valence-electron chi connectivity index (χ3n) is 2.29. The number of fused-ring (bicyclic) bond motifs is 1. The molecule has 2 rings (SSSR count). The normalized spacial score (nSPS) is 32.6. The summed E-state index contributed by atoms with van der Waals surface area (Å²) < 4.78 is 0. The van der Waals surface area contributed by atoms with E-state index in [4.69, 9.17) is 0 Å². The maximum Gasteiger partial charge on any atom is 0.222 e. The summed E-state index contributed by atoms with van der Waals surface area (Å²) in [6, 6.07) is 0.459. The van der Waals surface area contributed by atoms with Crippen molar-refractivity contribution in [3.63, 3.8) is 0 Å². The summed E-state index contributed by atoms with van der Waals surface area (Å²) >= 11 is 0. The van der Waals surface area contributed by atoms with Crippen LogP contribution in [-0.2, 0) is 4.79 Å². The van der Waals surface area contributed by atoms with Gasteiger partial charge in [-0.3, -0.25) is 4.79 Å². The zero-order chi connectivity index (χ0) is 6.97. The summed E-state index contributed by atoms with van der Waals surface area (Å²) in [6.07, 6.45) is 1.78. The van der Waals surface area contributed by atoms with Crippen molar-refractivity contribution in [2.75, 3.05) is 19.6 Å². The van der Waals surface area contributed by atoms with Gasteiger partial charge in [0.15, 0.2) is 0 Å². The van der Waals surface area contributed by atoms with Crippen LogP contribution in [0.2, 0.25) is 0 Å². The van der Waals surface area contributed by atoms with Crippen LogP contribution in [0.25, 0.3) is 0 Å². The third-order valence-corrected chi connectivity index (χ3v) is 2.29. The predicted octanol–water partition coefficient (Wildman–Crippen LogP) is -0.405. The summed E-state index contributed by atoms with van der Waals surface area (Å²) in [4.78, 5) is 13.1. The van der Waals surface area contributed by atoms with Crippen molar-refractivity contribution in [3.8, 4) is 0 Å². The summed E-state index contributed by atoms with van der Waals surface area (Å²) in [5.74, 6) is 0.333. The molecule has 1 amide bonds. The quantitative estimate of drug-likeness (QED) is 0.449. The molecule has 1 radical (unpaired) electrons. The van der Waals surface area contributed by atoms with Gasteiger partial charge in [0.05, 0.1) is 0 Å². The molecule has 3 heteroatoms. The van der Waals surface area contributed by atoms with E-state index in [0.717, 1.165) is 32.5 Å². The first kappa shape index (κ1) is 6.16. The fourth-order valence-electron chi connectivity index (χ4n) is 1.71. The highest BCUT2D eigenvalue weighted by Gasteiger charge is 2.32. The maximum atomic E-state index is 11.1. The Morgan fingerprint density at radius 3 is 3.30 bits per heavy atom. The fraction of sp³-hybridized carbons (Fsp3) is 0.857. The molecular weight excluding hydrogens is 128 g/mol. The molecule has 0 bridgehead atoms. The first-order valence-corrected chi connectivity index (χ1v) is 3.80. The molecule has 2 saturated heterocycles. The third kappa shape index (κ3) is 0.814. The van der Waals surface area contributed by atoms with Crippen LogP contribution in [0.15, 0.2) is 0 Å². The van der Waals surface area contributed by atoms with Crippen molar-refractivity contribution in [2.24, 2.45) is 0 Å². The first-order chi connectivity index (χ1) is 4.88. The molecule has 0 spiro atoms. The van der Waals surface area contributed by atoms with E-state index in [-0.39, 0.29) is 0 Å². The smallest absolute Gasteiger partial charge is 0.222 e. The SMILES string of the molecule is O=C1CCC2C[N]CCN12. The minimum Gasteiger partial charge on any atom is -0.337 e. The van der Waals surface area contributed by atoms with E-state index < -0.39 is 0 Å². The molecule has 0 aromatic rings. The number of rotatable bonds is 0. The number of nitrogens with zero attached hydrogens (tertiary/aromatic N) is 2. The van der Waals surface area contributed by atoms with Crippen LogP contribution in [0.1, 0.15) is 12.8 Å². The van der Waals surface area contributed by atoms with Gasteiger partial charge in [0.2, 0.25) is 5.91 Å². The number of carbonyl (C=O) groups is 1. The molecule has 1 atom stereocenters. The van der Waals surface area contributed by atoms with Gasteiger partial charge in [0, 0.05) is 32.1 Å². The van der Waals surface area contributed by atoms with E-state index in [0.29, 0.717) is 11.9 Å². The molecule has 2 aliphatic heterocycles. The number of carbonyl (C=O) groups excluding carboxylic acids is 1. The van der Waals surface area contributed by atoms with Crippen LogP contribution in [0.4, 0.5) is 0 Å². The van der Waals surface area contributed by atoms with Crippen LogP contribution in [0.5, 0.6) is 0 Å². The summed E-state index contributed by atoms with van der Waals surface area (Å²) in [7, 11) is 0. The zero-order valence-corrected chi connectivity index (χ0v) is 5.92. The van der Waals surface area contributed by atoms with Gasteiger partial charge in [-0.05, 0) is 6.42 Å². The minimum atomic E-state index is 0.333. The van der Waals surface area contributed by atoms with Crippen LogP contribution in [-0.4, -0.2) is 36.5 Å². The Kier molecular flexibility index (Phi) is 1.38. The standard InChI is InChI=1S/C7H11N2O/c10-7-2-1-6-5-8-3-4-9(6)7/h6H,1-5H2. The molecule has 2 fully saturated rings. The van der Waals surface area contributed by atoms with Crippen LogP contribution in [0.3, 0.4) is 0 Å². The molecule has 2 aliphatic rings. The van der Waals surface area contributed by atoms with Crippen molar-refractivity contribution in [3.05, 3.63) is 0 Å². The average Bonchev–Trinajstić information content (AvgIpc) is 2.34. The van der Waals surface area contributed by atoms with Crippen molar-refractivity contribution in [1.29, 1.82) is 0 Å². The molecule has 0 saturated carbocycles. The predicted molar refractivity (Wildman–Crippen MR) is 36.6 cm³/mol. The van der Waals surface area contributed by atoms with Gasteiger partial charge in [0.25, 0.3) is 0 Å². The highest BCUT2D eigenvalue weighted by atomic mass is 16.2. The lowest BCUT2D eigenvalue weighted by Gasteiger charge is -2.28. The van der Waals surface area contributed by atoms with Crippen molar-refractivity contribution in [1.82, 2.24) is 10.2 Å². The fourth-order valence-corrected chi connectivity index (χ4v) is 1.71. The van der Waals surface area contributed by atoms with Crippen molar-refractivity contribution < 1.29 is 4.79 Å². The highest BCUT2D eigenvalue weighted by molar-refractivity contribution is 5.78. The zero-order valence-electron chi connectivity index (χ0n) is 5.92. The molecule has 2 heterocycles. The lowest BCUT2D eigenvalue weighted by Crippen LogP contribution is -2.46. The first-order valence-electron chi connectivity index (χ1n) is 3.80. The van der Waals surface area contributed by atoms with Gasteiger partial charge in [-0.15, -0.1) is 0 Å². The molecule has 0 N–H and O–H groups in total. The van der Waals surface area contributed by atoms with Gasteiger partial charge in [-0.25, -0.2) is 5.32 Å². The monoisotopic (exact) mass is 139 g/mol. The Hall–Kier alpha value is -0.570. The van der Waals surface area contributed by atoms with Gasteiger partial charge >= 0.3 is 0 Å². The number of hydrogen-bond donors (Lipinski definition) is 0. The molecular formula is C7H11N2O. The number of hydrogen-bond acceptors (Lipinski definition) is 1. The largest absolute Gasteiger partial charge is 0.337 e. The van der Waals surface area contributed by atoms with E-state index in [2.05, 4.69) is 5.32 Å². The summed E-state index contributed by atoms with van der Waals surface area (Å²) in [5.41, 5.74) is 0. The molecule has 0 aromatic carbocycles. The highest BCUT2D eigenvalue weighted by Crippen LogP contribution is 2.19. The Balaban J connectivity index is 2.08. The minimum absolute atomic E-state index is 0.333. The summed E-state index contributed by atoms with van der Waals surface area (Å²) in [6.45, 7) is 2.59. The average molecular weight is 139 g/mol. The second-order valence-electron chi connectivity index (χ2n) is 2.91. The van der Waals surface area contributed by atoms with Gasteiger partial charge in [0.1, 0.15) is 0 Å². The molecule has 0 aliphatic carbocycles. The lowest BCUT2D eigenvalue weighted by molar-refractivity contribution is -0.129. The maximum absolute atomic E-state index is 11.1. The molecule has 0 aromatic heterocycles. The topological polar surface area (TPSA) is 34.4 Å². The van der Waals surface area contributed by atoms with E-state index >= 15 is 0 Å². The number of amides is 1. The molecule has 1 unspecified atom stereocenters. The second-order valence-corrected chi connectivity index (χ2v) is 2.91. The van der Waals surface area contributed by atoms with Gasteiger partial charge < -0.3 is 4.90 Å². The molecule has 3 nitrogen and oxygen atoms in total. The van der Waals surface area contributed by atoms with Gasteiger partial charge in [-0.2, -0.15) is 0 Å². The summed E-state index contributed by atoms with van der Waals surface area (Å²) in [5, 5.41) is 4.26. The Morgan fingerprint density at radius 2 is 2.50 bits per heavy atom. The molecule has 55 valence electrons. The Labute approximate surface area is 60.4 Å². The second kappa shape index (κ2) is 2.23. The number of piperazine rings is 1. The Morgan fingerprint density at radius 1 is 1.60 bits per heavy atom. The van der Waals surface area contributed by atoms with E-state index in [9.17, 15) is 4.79 Å². The van der Waals surface area contributed by atoms with E-state index in [1.165, 1.54) is 0 Å². The Bertz CT molecular complexity index is 158. The van der Waals surface area contributed by atoms with Crippen LogP contribution < -0.4 is 5.32 Å². The lowest BCUT2D eigenvalue weighted by atomic mass is 10.2. The van der Waals surface area contributed by atoms with Crippen molar-refractivity contribution in [2.45, 2.75) is 18.9 Å². The van der Waals surface area contributed by atoms with E-state index in [1.807, 2.05) is 4.90 Å².